The molecule has 0 fully saturated rings. The van der Waals surface area contributed by atoms with Crippen molar-refractivity contribution in [3.05, 3.63) is 27.7 Å². The molecule has 9 heteroatoms. The van der Waals surface area contributed by atoms with E-state index in [1.807, 2.05) is 32.8 Å². The molecule has 0 aromatic carbocycles. The van der Waals surface area contributed by atoms with E-state index in [-0.39, 0.29) is 24.0 Å². The van der Waals surface area contributed by atoms with Crippen molar-refractivity contribution in [3.8, 4) is 0 Å². The molecule has 2 aromatic rings. The first-order valence-electron chi connectivity index (χ1n) is 6.68. The number of aryl methyl sites for hydroxylation is 3. The third kappa shape index (κ3) is 4.63. The fourth-order valence-corrected chi connectivity index (χ4v) is 2.91. The highest BCUT2D eigenvalue weighted by molar-refractivity contribution is 14.0. The minimum absolute atomic E-state index is 0. The van der Waals surface area contributed by atoms with Gasteiger partial charge in [0.05, 0.1) is 23.8 Å². The Bertz CT molecular complexity index is 634. The highest BCUT2D eigenvalue weighted by Crippen LogP contribution is 2.16. The smallest absolute Gasteiger partial charge is 0.194 e. The van der Waals surface area contributed by atoms with Gasteiger partial charge >= 0.3 is 0 Å². The number of aliphatic imine (C=N–C) groups is 1. The molecule has 0 saturated heterocycles. The molecule has 7 nitrogen and oxygen atoms in total. The monoisotopic (exact) mass is 435 g/mol. The molecule has 0 bridgehead atoms. The van der Waals surface area contributed by atoms with Gasteiger partial charge in [0.15, 0.2) is 5.96 Å². The molecule has 0 aliphatic carbocycles. The van der Waals surface area contributed by atoms with Gasteiger partial charge in [-0.2, -0.15) is 5.10 Å². The Morgan fingerprint density at radius 2 is 2.18 bits per heavy atom. The van der Waals surface area contributed by atoms with Gasteiger partial charge in [-0.05, 0) is 13.8 Å². The summed E-state index contributed by atoms with van der Waals surface area (Å²) < 4.78 is 1.76. The number of guanidine groups is 1. The highest BCUT2D eigenvalue weighted by Gasteiger charge is 2.11. The van der Waals surface area contributed by atoms with Crippen molar-refractivity contribution in [1.82, 2.24) is 30.0 Å². The van der Waals surface area contributed by atoms with E-state index in [0.29, 0.717) is 6.54 Å². The lowest BCUT2D eigenvalue weighted by molar-refractivity contribution is 0.448. The Kier molecular flexibility index (Phi) is 7.20. The fourth-order valence-electron chi connectivity index (χ4n) is 2.03. The summed E-state index contributed by atoms with van der Waals surface area (Å²) in [7, 11) is 5.64. The topological polar surface area (TPSA) is 71.2 Å². The molecule has 1 N–H and O–H groups in total. The van der Waals surface area contributed by atoms with Crippen molar-refractivity contribution < 1.29 is 0 Å². The van der Waals surface area contributed by atoms with Crippen LogP contribution in [0.3, 0.4) is 0 Å². The number of rotatable bonds is 4. The van der Waals surface area contributed by atoms with E-state index < -0.39 is 0 Å². The van der Waals surface area contributed by atoms with Crippen LogP contribution in [-0.4, -0.2) is 44.7 Å². The zero-order valence-electron chi connectivity index (χ0n) is 13.5. The highest BCUT2D eigenvalue weighted by atomic mass is 127. The predicted molar refractivity (Wildman–Crippen MR) is 99.7 cm³/mol. The summed E-state index contributed by atoms with van der Waals surface area (Å²) in [6.07, 6.45) is 1.56. The van der Waals surface area contributed by atoms with E-state index in [9.17, 15) is 0 Å². The number of hydrogen-bond donors (Lipinski definition) is 1. The summed E-state index contributed by atoms with van der Waals surface area (Å²) in [5, 5.41) is 8.52. The van der Waals surface area contributed by atoms with Gasteiger partial charge in [0.1, 0.15) is 12.2 Å². The first-order valence-corrected chi connectivity index (χ1v) is 7.50. The van der Waals surface area contributed by atoms with Crippen molar-refractivity contribution in [1.29, 1.82) is 0 Å². The summed E-state index contributed by atoms with van der Waals surface area (Å²) in [4.78, 5) is 16.2. The molecule has 0 atom stereocenters. The van der Waals surface area contributed by atoms with Gasteiger partial charge in [-0.3, -0.25) is 9.67 Å². The van der Waals surface area contributed by atoms with E-state index >= 15 is 0 Å². The van der Waals surface area contributed by atoms with Gasteiger partial charge in [-0.1, -0.05) is 0 Å². The molecule has 2 aromatic heterocycles. The van der Waals surface area contributed by atoms with Gasteiger partial charge in [-0.15, -0.1) is 35.3 Å². The van der Waals surface area contributed by atoms with Crippen molar-refractivity contribution in [2.75, 3.05) is 14.1 Å². The largest absolute Gasteiger partial charge is 0.351 e. The van der Waals surface area contributed by atoms with Crippen LogP contribution in [0.25, 0.3) is 0 Å². The molecule has 0 aliphatic rings. The summed E-state index contributed by atoms with van der Waals surface area (Å²) in [5.74, 6) is 1.72. The van der Waals surface area contributed by atoms with Gasteiger partial charge in [0, 0.05) is 26.0 Å². The standard InChI is InChI=1S/C13H21N7S.HI/c1-9-11(21-10(2)18-9)6-15-13(14-3)19(4)7-12-16-8-17-20(12)5;/h8H,6-7H2,1-5H3,(H,14,15);1H. The van der Waals surface area contributed by atoms with Crippen molar-refractivity contribution in [3.63, 3.8) is 0 Å². The molecule has 0 aliphatic heterocycles. The van der Waals surface area contributed by atoms with Gasteiger partial charge in [0.2, 0.25) is 0 Å². The normalized spacial score (nSPS) is 11.2. The van der Waals surface area contributed by atoms with E-state index in [0.717, 1.165) is 29.0 Å². The SMILES string of the molecule is CN=C(NCc1sc(C)nc1C)N(C)Cc1ncnn1C.I. The fraction of sp³-hybridized carbons (Fsp3) is 0.538. The molecular weight excluding hydrogens is 413 g/mol. The Morgan fingerprint density at radius 1 is 1.45 bits per heavy atom. The Labute approximate surface area is 151 Å². The van der Waals surface area contributed by atoms with Gasteiger partial charge in [-0.25, -0.2) is 9.97 Å². The third-order valence-corrected chi connectivity index (χ3v) is 4.24. The summed E-state index contributed by atoms with van der Waals surface area (Å²) in [6.45, 7) is 5.44. The lowest BCUT2D eigenvalue weighted by Gasteiger charge is -2.21. The summed E-state index contributed by atoms with van der Waals surface area (Å²) in [6, 6.07) is 0. The Hall–Kier alpha value is -1.23. The van der Waals surface area contributed by atoms with Crippen LogP contribution in [0, 0.1) is 13.8 Å². The third-order valence-electron chi connectivity index (χ3n) is 3.16. The van der Waals surface area contributed by atoms with Crippen LogP contribution in [0.15, 0.2) is 11.3 Å². The summed E-state index contributed by atoms with van der Waals surface area (Å²) in [5.41, 5.74) is 1.08. The minimum atomic E-state index is 0. The lowest BCUT2D eigenvalue weighted by atomic mass is 10.4. The van der Waals surface area contributed by atoms with Gasteiger partial charge < -0.3 is 10.2 Å². The number of aromatic nitrogens is 4. The zero-order chi connectivity index (χ0) is 15.4. The Balaban J connectivity index is 0.00000242. The van der Waals surface area contributed by atoms with Crippen LogP contribution in [0.4, 0.5) is 0 Å². The van der Waals surface area contributed by atoms with E-state index in [1.54, 1.807) is 29.4 Å². The molecular formula is C13H22IN7S. The van der Waals surface area contributed by atoms with Gasteiger partial charge in [0.25, 0.3) is 0 Å². The average molecular weight is 435 g/mol. The maximum Gasteiger partial charge on any atom is 0.194 e. The average Bonchev–Trinajstić information content (AvgIpc) is 2.97. The second-order valence-electron chi connectivity index (χ2n) is 4.80. The predicted octanol–water partition coefficient (Wildman–Crippen LogP) is 1.71. The first-order chi connectivity index (χ1) is 10.0. The van der Waals surface area contributed by atoms with Crippen molar-refractivity contribution >= 4 is 41.3 Å². The molecule has 0 spiro atoms. The number of hydrogen-bond acceptors (Lipinski definition) is 5. The first kappa shape index (κ1) is 18.8. The molecule has 2 rings (SSSR count). The number of nitrogens with one attached hydrogen (secondary N) is 1. The zero-order valence-corrected chi connectivity index (χ0v) is 16.6. The second-order valence-corrected chi connectivity index (χ2v) is 6.09. The molecule has 2 heterocycles. The van der Waals surface area contributed by atoms with Crippen LogP contribution in [0.5, 0.6) is 0 Å². The molecule has 0 radical (unpaired) electrons. The molecule has 0 amide bonds. The van der Waals surface area contributed by atoms with Crippen LogP contribution in [-0.2, 0) is 20.1 Å². The minimum Gasteiger partial charge on any atom is -0.351 e. The number of nitrogens with zero attached hydrogens (tertiary/aromatic N) is 6. The number of thiazole rings is 1. The maximum absolute atomic E-state index is 4.44. The molecule has 122 valence electrons. The molecule has 22 heavy (non-hydrogen) atoms. The molecule has 0 unspecified atom stereocenters. The van der Waals surface area contributed by atoms with Crippen molar-refractivity contribution in [2.24, 2.45) is 12.0 Å². The summed E-state index contributed by atoms with van der Waals surface area (Å²) >= 11 is 1.71. The van der Waals surface area contributed by atoms with Crippen LogP contribution in [0.1, 0.15) is 21.4 Å². The van der Waals surface area contributed by atoms with Crippen LogP contribution in [0.2, 0.25) is 0 Å². The lowest BCUT2D eigenvalue weighted by Crippen LogP contribution is -2.38. The van der Waals surface area contributed by atoms with E-state index in [4.69, 9.17) is 0 Å². The number of halogens is 1. The van der Waals surface area contributed by atoms with E-state index in [1.165, 1.54) is 4.88 Å². The van der Waals surface area contributed by atoms with E-state index in [2.05, 4.69) is 25.4 Å². The van der Waals surface area contributed by atoms with Crippen molar-refractivity contribution in [2.45, 2.75) is 26.9 Å². The Morgan fingerprint density at radius 3 is 2.68 bits per heavy atom. The molecule has 0 saturated carbocycles. The van der Waals surface area contributed by atoms with Crippen LogP contribution < -0.4 is 5.32 Å². The maximum atomic E-state index is 4.44. The quantitative estimate of drug-likeness (QED) is 0.450. The van der Waals surface area contributed by atoms with Crippen LogP contribution >= 0.6 is 35.3 Å². The second kappa shape index (κ2) is 8.42.